The number of rotatable bonds is 4. The summed E-state index contributed by atoms with van der Waals surface area (Å²) >= 11 is 0. The molecule has 24 heavy (non-hydrogen) atoms. The number of ether oxygens (including phenoxy) is 2. The van der Waals surface area contributed by atoms with E-state index >= 15 is 0 Å². The fourth-order valence-corrected chi connectivity index (χ4v) is 2.54. The number of nitrogens with one attached hydrogen (secondary N) is 1. The van der Waals surface area contributed by atoms with Gasteiger partial charge in [0.15, 0.2) is 0 Å². The molecule has 4 heteroatoms. The first kappa shape index (κ1) is 15.9. The Morgan fingerprint density at radius 3 is 2.75 bits per heavy atom. The Labute approximate surface area is 141 Å². The van der Waals surface area contributed by atoms with E-state index in [0.29, 0.717) is 11.4 Å². The van der Waals surface area contributed by atoms with Crippen molar-refractivity contribution in [2.75, 3.05) is 12.4 Å². The molecule has 0 aromatic heterocycles. The molecule has 1 aliphatic rings. The van der Waals surface area contributed by atoms with Gasteiger partial charge in [0.05, 0.1) is 12.8 Å². The van der Waals surface area contributed by atoms with Crippen molar-refractivity contribution in [2.45, 2.75) is 13.0 Å². The SMILES string of the molecule is COc1ccccc1NC(=O)/C=C/C1=Cc2ccccc2OC1C. The van der Waals surface area contributed by atoms with Gasteiger partial charge >= 0.3 is 0 Å². The van der Waals surface area contributed by atoms with Crippen LogP contribution in [0.2, 0.25) is 0 Å². The van der Waals surface area contributed by atoms with E-state index < -0.39 is 0 Å². The number of anilines is 1. The maximum absolute atomic E-state index is 12.2. The number of benzene rings is 2. The lowest BCUT2D eigenvalue weighted by molar-refractivity contribution is -0.111. The van der Waals surface area contributed by atoms with Crippen molar-refractivity contribution in [3.05, 3.63) is 71.8 Å². The molecule has 4 nitrogen and oxygen atoms in total. The van der Waals surface area contributed by atoms with Gasteiger partial charge in [-0.15, -0.1) is 0 Å². The molecular weight excluding hydrogens is 302 g/mol. The van der Waals surface area contributed by atoms with Crippen LogP contribution in [0.4, 0.5) is 5.69 Å². The van der Waals surface area contributed by atoms with Gasteiger partial charge in [0, 0.05) is 11.6 Å². The summed E-state index contributed by atoms with van der Waals surface area (Å²) in [7, 11) is 1.57. The van der Waals surface area contributed by atoms with Crippen LogP contribution in [0.25, 0.3) is 6.08 Å². The van der Waals surface area contributed by atoms with E-state index in [4.69, 9.17) is 9.47 Å². The minimum absolute atomic E-state index is 0.102. The van der Waals surface area contributed by atoms with Crippen molar-refractivity contribution in [1.82, 2.24) is 0 Å². The summed E-state index contributed by atoms with van der Waals surface area (Å²) in [5, 5.41) is 2.82. The first-order valence-electron chi connectivity index (χ1n) is 7.77. The van der Waals surface area contributed by atoms with Crippen LogP contribution >= 0.6 is 0 Å². The van der Waals surface area contributed by atoms with Crippen molar-refractivity contribution in [3.8, 4) is 11.5 Å². The number of carbonyl (C=O) groups excluding carboxylic acids is 1. The summed E-state index contributed by atoms with van der Waals surface area (Å²) in [6, 6.07) is 15.1. The molecule has 0 radical (unpaired) electrons. The van der Waals surface area contributed by atoms with Gasteiger partial charge in [-0.05, 0) is 42.8 Å². The molecule has 2 aromatic carbocycles. The fraction of sp³-hybridized carbons (Fsp3) is 0.150. The Bertz CT molecular complexity index is 808. The number of fused-ring (bicyclic) bond motifs is 1. The van der Waals surface area contributed by atoms with Gasteiger partial charge in [-0.1, -0.05) is 30.3 Å². The molecule has 1 N–H and O–H groups in total. The quantitative estimate of drug-likeness (QED) is 0.864. The van der Waals surface area contributed by atoms with E-state index in [-0.39, 0.29) is 12.0 Å². The first-order valence-corrected chi connectivity index (χ1v) is 7.77. The third kappa shape index (κ3) is 3.49. The second-order valence-electron chi connectivity index (χ2n) is 5.47. The van der Waals surface area contributed by atoms with E-state index in [1.54, 1.807) is 25.3 Å². The molecule has 1 atom stereocenters. The van der Waals surface area contributed by atoms with Gasteiger partial charge in [0.2, 0.25) is 5.91 Å². The van der Waals surface area contributed by atoms with Crippen molar-refractivity contribution < 1.29 is 14.3 Å². The summed E-state index contributed by atoms with van der Waals surface area (Å²) in [4.78, 5) is 12.2. The van der Waals surface area contributed by atoms with E-state index in [0.717, 1.165) is 16.9 Å². The van der Waals surface area contributed by atoms with Crippen LogP contribution in [0, 0.1) is 0 Å². The third-order valence-electron chi connectivity index (χ3n) is 3.81. The highest BCUT2D eigenvalue weighted by molar-refractivity contribution is 6.00. The molecule has 1 heterocycles. The molecule has 1 aliphatic heterocycles. The van der Waals surface area contributed by atoms with Crippen LogP contribution in [0.5, 0.6) is 11.5 Å². The zero-order chi connectivity index (χ0) is 16.9. The van der Waals surface area contributed by atoms with Gasteiger partial charge in [-0.2, -0.15) is 0 Å². The highest BCUT2D eigenvalue weighted by Gasteiger charge is 2.16. The van der Waals surface area contributed by atoms with Gasteiger partial charge in [0.25, 0.3) is 0 Å². The molecule has 2 aromatic rings. The monoisotopic (exact) mass is 321 g/mol. The van der Waals surface area contributed by atoms with Gasteiger partial charge in [-0.25, -0.2) is 0 Å². The number of para-hydroxylation sites is 3. The second-order valence-corrected chi connectivity index (χ2v) is 5.47. The van der Waals surface area contributed by atoms with Crippen molar-refractivity contribution in [2.24, 2.45) is 0 Å². The minimum atomic E-state index is -0.216. The summed E-state index contributed by atoms with van der Waals surface area (Å²) in [6.07, 6.45) is 5.23. The third-order valence-corrected chi connectivity index (χ3v) is 3.81. The number of amides is 1. The standard InChI is InChI=1S/C20H19NO3/c1-14-15(13-16-7-3-5-9-18(16)24-14)11-12-20(22)21-17-8-4-6-10-19(17)23-2/h3-14H,1-2H3,(H,21,22)/b12-11+. The van der Waals surface area contributed by atoms with Crippen LogP contribution in [-0.2, 0) is 4.79 Å². The Kier molecular flexibility index (Phi) is 4.66. The van der Waals surface area contributed by atoms with Crippen molar-refractivity contribution in [1.29, 1.82) is 0 Å². The highest BCUT2D eigenvalue weighted by atomic mass is 16.5. The van der Waals surface area contributed by atoms with Crippen molar-refractivity contribution >= 4 is 17.7 Å². The Morgan fingerprint density at radius 2 is 1.92 bits per heavy atom. The average Bonchev–Trinajstić information content (AvgIpc) is 2.60. The molecule has 0 aliphatic carbocycles. The van der Waals surface area contributed by atoms with Gasteiger partial charge in [-0.3, -0.25) is 4.79 Å². The Balaban J connectivity index is 1.73. The smallest absolute Gasteiger partial charge is 0.248 e. The molecule has 0 fully saturated rings. The lowest BCUT2D eigenvalue weighted by Crippen LogP contribution is -2.18. The summed E-state index contributed by atoms with van der Waals surface area (Å²) < 4.78 is 11.1. The van der Waals surface area contributed by atoms with Crippen LogP contribution in [0.1, 0.15) is 12.5 Å². The Hall–Kier alpha value is -3.01. The molecule has 0 bridgehead atoms. The summed E-state index contributed by atoms with van der Waals surface area (Å²) in [6.45, 7) is 1.96. The maximum Gasteiger partial charge on any atom is 0.248 e. The van der Waals surface area contributed by atoms with E-state index in [2.05, 4.69) is 5.32 Å². The highest BCUT2D eigenvalue weighted by Crippen LogP contribution is 2.29. The molecule has 0 saturated carbocycles. The minimum Gasteiger partial charge on any atom is -0.495 e. The molecule has 0 saturated heterocycles. The fourth-order valence-electron chi connectivity index (χ4n) is 2.54. The largest absolute Gasteiger partial charge is 0.495 e. The number of carbonyl (C=O) groups is 1. The topological polar surface area (TPSA) is 47.6 Å². The maximum atomic E-state index is 12.2. The van der Waals surface area contributed by atoms with Gasteiger partial charge < -0.3 is 14.8 Å². The van der Waals surface area contributed by atoms with Gasteiger partial charge in [0.1, 0.15) is 17.6 Å². The lowest BCUT2D eigenvalue weighted by atomic mass is 10.0. The molecule has 3 rings (SSSR count). The summed E-state index contributed by atoms with van der Waals surface area (Å²) in [5.74, 6) is 1.27. The lowest BCUT2D eigenvalue weighted by Gasteiger charge is -2.22. The molecule has 0 spiro atoms. The predicted molar refractivity (Wildman–Crippen MR) is 95.3 cm³/mol. The zero-order valence-electron chi connectivity index (χ0n) is 13.7. The van der Waals surface area contributed by atoms with Crippen LogP contribution < -0.4 is 14.8 Å². The first-order chi connectivity index (χ1) is 11.7. The van der Waals surface area contributed by atoms with Crippen LogP contribution in [0.3, 0.4) is 0 Å². The molecule has 1 unspecified atom stereocenters. The molecular formula is C20H19NO3. The molecule has 122 valence electrons. The Morgan fingerprint density at radius 1 is 1.17 bits per heavy atom. The average molecular weight is 321 g/mol. The van der Waals surface area contributed by atoms with E-state index in [9.17, 15) is 4.79 Å². The number of hydrogen-bond acceptors (Lipinski definition) is 3. The van der Waals surface area contributed by atoms with Crippen LogP contribution in [-0.4, -0.2) is 19.1 Å². The van der Waals surface area contributed by atoms with Crippen molar-refractivity contribution in [3.63, 3.8) is 0 Å². The summed E-state index contributed by atoms with van der Waals surface area (Å²) in [5.41, 5.74) is 2.60. The second kappa shape index (κ2) is 7.04. The number of hydrogen-bond donors (Lipinski definition) is 1. The predicted octanol–water partition coefficient (Wildman–Crippen LogP) is 4.05. The molecule has 1 amide bonds. The van der Waals surface area contributed by atoms with E-state index in [1.807, 2.05) is 49.4 Å². The normalized spacial score (nSPS) is 16.1. The zero-order valence-corrected chi connectivity index (χ0v) is 13.7. The number of methoxy groups -OCH3 is 1. The van der Waals surface area contributed by atoms with Crippen LogP contribution in [0.15, 0.2) is 66.3 Å². The van der Waals surface area contributed by atoms with E-state index in [1.165, 1.54) is 6.08 Å².